The van der Waals surface area contributed by atoms with E-state index >= 15 is 0 Å². The summed E-state index contributed by atoms with van der Waals surface area (Å²) < 4.78 is 15.8. The van der Waals surface area contributed by atoms with Crippen molar-refractivity contribution in [3.05, 3.63) is 52.9 Å². The average molecular weight is 343 g/mol. The summed E-state index contributed by atoms with van der Waals surface area (Å²) in [5.74, 6) is 1.55. The third-order valence-corrected chi connectivity index (χ3v) is 3.11. The third-order valence-electron chi connectivity index (χ3n) is 3.11. The Bertz CT molecular complexity index is 724. The van der Waals surface area contributed by atoms with E-state index in [2.05, 4.69) is 16.6 Å². The van der Waals surface area contributed by atoms with Crippen LogP contribution in [0.3, 0.4) is 0 Å². The van der Waals surface area contributed by atoms with Gasteiger partial charge in [-0.3, -0.25) is 4.79 Å². The zero-order valence-electron chi connectivity index (χ0n) is 14.9. The van der Waals surface area contributed by atoms with E-state index in [4.69, 9.17) is 14.2 Å². The van der Waals surface area contributed by atoms with Crippen LogP contribution in [0.2, 0.25) is 0 Å². The highest BCUT2D eigenvalue weighted by Gasteiger charge is 2.22. The summed E-state index contributed by atoms with van der Waals surface area (Å²) in [5, 5.41) is 0. The van der Waals surface area contributed by atoms with Gasteiger partial charge in [-0.25, -0.2) is 0 Å². The lowest BCUT2D eigenvalue weighted by Gasteiger charge is -2.05. The van der Waals surface area contributed by atoms with Gasteiger partial charge >= 0.3 is 11.8 Å². The molecule has 0 bridgehead atoms. The Labute approximate surface area is 147 Å². The Morgan fingerprint density at radius 2 is 1.56 bits per heavy atom. The van der Waals surface area contributed by atoms with E-state index in [9.17, 15) is 4.79 Å². The minimum absolute atomic E-state index is 0.245. The maximum Gasteiger partial charge on any atom is 0.423 e. The van der Waals surface area contributed by atoms with Gasteiger partial charge in [0.25, 0.3) is 0 Å². The molecule has 0 saturated carbocycles. The maximum absolute atomic E-state index is 9.59. The predicted octanol–water partition coefficient (Wildman–Crippen LogP) is 3.61. The molecule has 0 aliphatic rings. The quantitative estimate of drug-likeness (QED) is 0.920. The van der Waals surface area contributed by atoms with Crippen LogP contribution in [0.1, 0.15) is 18.9 Å². The van der Waals surface area contributed by atoms with Crippen LogP contribution in [0.4, 0.5) is 5.69 Å². The number of benzene rings is 2. The van der Waals surface area contributed by atoms with E-state index in [1.54, 1.807) is 40.4 Å². The molecule has 6 nitrogen and oxygen atoms in total. The van der Waals surface area contributed by atoms with Crippen LogP contribution in [0, 0.1) is 6.07 Å². The number of nitrogens with two attached hydrogens (primary N) is 1. The molecule has 0 spiro atoms. The van der Waals surface area contributed by atoms with Crippen molar-refractivity contribution in [2.24, 2.45) is 5.73 Å². The molecule has 1 amide bonds. The minimum atomic E-state index is -0.245. The zero-order chi connectivity index (χ0) is 18.7. The summed E-state index contributed by atoms with van der Waals surface area (Å²) in [7, 11) is 4.75. The SMILES string of the molecule is CCC(N)=O.COc1cc(OC)c([N+]#Cc2ccccc2)c(OC)c1. The predicted molar refractivity (Wildman–Crippen MR) is 98.0 cm³/mol. The standard InChI is InChI=1S/C16H16NO3.C3H7NO/c1-18-13-9-14(19-2)16(15(10-13)20-3)17-11-12-7-5-4-6-8-12;1-2-3(4)5/h4-10H,1-3H3;2H2,1H3,(H2,4,5)/q+1;. The molecule has 0 fully saturated rings. The fraction of sp³-hybridized carbons (Fsp3) is 0.263. The van der Waals surface area contributed by atoms with Crippen LogP contribution >= 0.6 is 0 Å². The molecule has 0 heterocycles. The van der Waals surface area contributed by atoms with Crippen molar-refractivity contribution in [1.29, 1.82) is 0 Å². The molecular weight excluding hydrogens is 320 g/mol. The van der Waals surface area contributed by atoms with Gasteiger partial charge in [0.2, 0.25) is 17.4 Å². The van der Waals surface area contributed by atoms with E-state index < -0.39 is 0 Å². The first-order chi connectivity index (χ1) is 12.0. The number of methoxy groups -OCH3 is 3. The Balaban J connectivity index is 0.000000550. The second kappa shape index (κ2) is 10.6. The largest absolute Gasteiger partial charge is 0.496 e. The average Bonchev–Trinajstić information content (AvgIpc) is 2.66. The van der Waals surface area contributed by atoms with Crippen molar-refractivity contribution in [2.45, 2.75) is 13.3 Å². The fourth-order valence-electron chi connectivity index (χ4n) is 1.73. The van der Waals surface area contributed by atoms with Gasteiger partial charge in [-0.1, -0.05) is 25.1 Å². The van der Waals surface area contributed by atoms with E-state index in [-0.39, 0.29) is 5.91 Å². The van der Waals surface area contributed by atoms with Crippen LogP contribution < -0.4 is 19.9 Å². The van der Waals surface area contributed by atoms with Crippen LogP contribution in [-0.4, -0.2) is 27.2 Å². The van der Waals surface area contributed by atoms with Crippen molar-refractivity contribution in [2.75, 3.05) is 21.3 Å². The molecule has 2 N–H and O–H groups in total. The van der Waals surface area contributed by atoms with E-state index in [1.807, 2.05) is 30.3 Å². The third kappa shape index (κ3) is 6.43. The van der Waals surface area contributed by atoms with Gasteiger partial charge < -0.3 is 19.9 Å². The van der Waals surface area contributed by atoms with E-state index in [0.29, 0.717) is 29.4 Å². The first kappa shape index (κ1) is 19.8. The van der Waals surface area contributed by atoms with Crippen molar-refractivity contribution >= 4 is 11.6 Å². The molecule has 0 unspecified atom stereocenters. The smallest absolute Gasteiger partial charge is 0.423 e. The number of hydrogen-bond donors (Lipinski definition) is 1. The molecule has 0 atom stereocenters. The van der Waals surface area contributed by atoms with E-state index in [0.717, 1.165) is 5.56 Å². The Morgan fingerprint density at radius 3 is 1.96 bits per heavy atom. The van der Waals surface area contributed by atoms with Gasteiger partial charge in [0, 0.05) is 18.6 Å². The lowest BCUT2D eigenvalue weighted by atomic mass is 10.2. The fourth-order valence-corrected chi connectivity index (χ4v) is 1.73. The van der Waals surface area contributed by atoms with Gasteiger partial charge in [-0.2, -0.15) is 0 Å². The molecule has 2 aromatic carbocycles. The normalized spacial score (nSPS) is 8.96. The Hall–Kier alpha value is -3.20. The van der Waals surface area contributed by atoms with Crippen molar-refractivity contribution in [1.82, 2.24) is 0 Å². The first-order valence-corrected chi connectivity index (χ1v) is 7.65. The Kier molecular flexibility index (Phi) is 8.38. The highest BCUT2D eigenvalue weighted by Crippen LogP contribution is 2.41. The van der Waals surface area contributed by atoms with Crippen molar-refractivity contribution in [3.63, 3.8) is 0 Å². The Morgan fingerprint density at radius 1 is 1.04 bits per heavy atom. The van der Waals surface area contributed by atoms with Crippen molar-refractivity contribution in [3.8, 4) is 23.3 Å². The van der Waals surface area contributed by atoms with Crippen LogP contribution in [0.5, 0.6) is 17.2 Å². The van der Waals surface area contributed by atoms with Crippen LogP contribution in [0.25, 0.3) is 4.85 Å². The molecule has 6 heteroatoms. The van der Waals surface area contributed by atoms with Gasteiger partial charge in [-0.15, -0.1) is 0 Å². The summed E-state index contributed by atoms with van der Waals surface area (Å²) in [6.45, 7) is 1.72. The topological polar surface area (TPSA) is 75.1 Å². The number of primary amides is 1. The highest BCUT2D eigenvalue weighted by molar-refractivity contribution is 5.73. The van der Waals surface area contributed by atoms with Crippen LogP contribution in [0.15, 0.2) is 42.5 Å². The number of hydrogen-bond acceptors (Lipinski definition) is 4. The molecule has 2 aromatic rings. The first-order valence-electron chi connectivity index (χ1n) is 7.65. The molecule has 0 saturated heterocycles. The summed E-state index contributed by atoms with van der Waals surface area (Å²) in [4.78, 5) is 13.9. The molecule has 0 aromatic heterocycles. The molecule has 0 radical (unpaired) electrons. The number of carbonyl (C=O) groups excluding carboxylic acids is 1. The van der Waals surface area contributed by atoms with Gasteiger partial charge in [0.1, 0.15) is 11.3 Å². The summed E-state index contributed by atoms with van der Waals surface area (Å²) in [5.41, 5.74) is 6.12. The monoisotopic (exact) mass is 343 g/mol. The zero-order valence-corrected chi connectivity index (χ0v) is 14.9. The maximum atomic E-state index is 9.59. The number of carbonyl (C=O) groups is 1. The number of amides is 1. The van der Waals surface area contributed by atoms with E-state index in [1.165, 1.54) is 0 Å². The van der Waals surface area contributed by atoms with Gasteiger partial charge in [0.15, 0.2) is 0 Å². The summed E-state index contributed by atoms with van der Waals surface area (Å²) >= 11 is 0. The molecule has 0 aliphatic carbocycles. The van der Waals surface area contributed by atoms with Gasteiger partial charge in [-0.05, 0) is 17.0 Å². The van der Waals surface area contributed by atoms with Crippen LogP contribution in [-0.2, 0) is 4.79 Å². The summed E-state index contributed by atoms with van der Waals surface area (Å²) in [6.07, 6.45) is 0.444. The van der Waals surface area contributed by atoms with Crippen molar-refractivity contribution < 1.29 is 19.0 Å². The highest BCUT2D eigenvalue weighted by atomic mass is 16.5. The van der Waals surface area contributed by atoms with Gasteiger partial charge in [0.05, 0.1) is 21.3 Å². The number of ether oxygens (including phenoxy) is 3. The summed E-state index contributed by atoms with van der Waals surface area (Å²) in [6, 6.07) is 16.1. The molecule has 25 heavy (non-hydrogen) atoms. The molecule has 0 aliphatic heterocycles. The number of rotatable bonds is 4. The lowest BCUT2D eigenvalue weighted by Crippen LogP contribution is -2.06. The lowest BCUT2D eigenvalue weighted by molar-refractivity contribution is -0.117. The minimum Gasteiger partial charge on any atom is -0.496 e. The second-order valence-corrected chi connectivity index (χ2v) is 4.79. The molecular formula is C19H23N2O4+. The number of nitrogens with zero attached hydrogens (tertiary/aromatic N) is 1. The molecule has 2 rings (SSSR count). The molecule has 132 valence electrons. The second-order valence-electron chi connectivity index (χ2n) is 4.79.